The average molecular weight is 426 g/mol. The Kier molecular flexibility index (Phi) is 5.43. The number of amidine groups is 1. The summed E-state index contributed by atoms with van der Waals surface area (Å²) < 4.78 is 10.8. The molecule has 1 aliphatic rings. The lowest BCUT2D eigenvalue weighted by molar-refractivity contribution is 0.355. The van der Waals surface area contributed by atoms with Crippen LogP contribution in [0.1, 0.15) is 16.7 Å². The molecule has 1 N–H and O–H groups in total. The zero-order valence-electron chi connectivity index (χ0n) is 15.7. The molecular weight excluding hydrogens is 409 g/mol. The van der Waals surface area contributed by atoms with Gasteiger partial charge in [0, 0.05) is 26.7 Å². The maximum atomic E-state index is 6.28. The third-order valence-corrected chi connectivity index (χ3v) is 4.98. The molecule has 0 radical (unpaired) electrons. The van der Waals surface area contributed by atoms with E-state index in [0.29, 0.717) is 33.1 Å². The van der Waals surface area contributed by atoms with Gasteiger partial charge in [0.15, 0.2) is 17.3 Å². The summed E-state index contributed by atoms with van der Waals surface area (Å²) in [5.74, 6) is 1.86. The number of hydrogen-bond acceptors (Lipinski definition) is 5. The van der Waals surface area contributed by atoms with Crippen molar-refractivity contribution in [3.05, 3.63) is 87.4 Å². The van der Waals surface area contributed by atoms with Crippen LogP contribution in [-0.4, -0.2) is 25.8 Å². The molecule has 3 aromatic rings. The molecule has 1 aliphatic heterocycles. The Labute approximate surface area is 178 Å². The van der Waals surface area contributed by atoms with Crippen LogP contribution < -0.4 is 14.9 Å². The van der Waals surface area contributed by atoms with Crippen molar-refractivity contribution in [1.29, 1.82) is 0 Å². The average Bonchev–Trinajstić information content (AvgIpc) is 2.93. The molecule has 0 aromatic heterocycles. The molecule has 1 heterocycles. The van der Waals surface area contributed by atoms with E-state index in [1.54, 1.807) is 20.3 Å². The minimum Gasteiger partial charge on any atom is -0.493 e. The Morgan fingerprint density at radius 3 is 2.17 bits per heavy atom. The predicted octanol–water partition coefficient (Wildman–Crippen LogP) is 5.44. The van der Waals surface area contributed by atoms with Crippen molar-refractivity contribution in [2.24, 2.45) is 10.1 Å². The van der Waals surface area contributed by atoms with E-state index in [0.717, 1.165) is 22.4 Å². The SMILES string of the molecule is COc1ccc(C2=NNC(c3ccc(Cl)cc3)=Nc3ccc(Cl)cc32)cc1OC. The molecule has 0 aliphatic carbocycles. The van der Waals surface area contributed by atoms with Crippen LogP contribution in [0.2, 0.25) is 10.0 Å². The van der Waals surface area contributed by atoms with Crippen LogP contribution in [0.15, 0.2) is 70.8 Å². The van der Waals surface area contributed by atoms with Gasteiger partial charge in [0.25, 0.3) is 0 Å². The fraction of sp³-hybridized carbons (Fsp3) is 0.0909. The van der Waals surface area contributed by atoms with E-state index in [-0.39, 0.29) is 0 Å². The summed E-state index contributed by atoms with van der Waals surface area (Å²) in [6, 6.07) is 18.6. The number of ether oxygens (including phenoxy) is 2. The quantitative estimate of drug-likeness (QED) is 0.604. The number of hydrazone groups is 1. The normalized spacial score (nSPS) is 12.8. The van der Waals surface area contributed by atoms with Gasteiger partial charge in [-0.1, -0.05) is 23.2 Å². The van der Waals surface area contributed by atoms with Crippen LogP contribution in [0.5, 0.6) is 11.5 Å². The number of aliphatic imine (C=N–C) groups is 1. The van der Waals surface area contributed by atoms with E-state index >= 15 is 0 Å². The summed E-state index contributed by atoms with van der Waals surface area (Å²) in [6.45, 7) is 0. The molecule has 29 heavy (non-hydrogen) atoms. The number of hydrogen-bond donors (Lipinski definition) is 1. The summed E-state index contributed by atoms with van der Waals surface area (Å²) in [5, 5.41) is 5.89. The molecule has 146 valence electrons. The van der Waals surface area contributed by atoms with Crippen molar-refractivity contribution >= 4 is 40.4 Å². The molecule has 5 nitrogen and oxygen atoms in total. The zero-order valence-corrected chi connectivity index (χ0v) is 17.3. The molecule has 0 fully saturated rings. The minimum atomic E-state index is 0.599. The third kappa shape index (κ3) is 3.92. The van der Waals surface area contributed by atoms with Gasteiger partial charge >= 0.3 is 0 Å². The van der Waals surface area contributed by atoms with Crippen molar-refractivity contribution < 1.29 is 9.47 Å². The first-order chi connectivity index (χ1) is 14.1. The Hall–Kier alpha value is -3.02. The predicted molar refractivity (Wildman–Crippen MR) is 117 cm³/mol. The lowest BCUT2D eigenvalue weighted by Gasteiger charge is -2.12. The molecule has 0 saturated carbocycles. The highest BCUT2D eigenvalue weighted by Gasteiger charge is 2.19. The second-order valence-corrected chi connectivity index (χ2v) is 7.14. The van der Waals surface area contributed by atoms with Crippen molar-refractivity contribution in [3.63, 3.8) is 0 Å². The highest BCUT2D eigenvalue weighted by molar-refractivity contribution is 6.32. The highest BCUT2D eigenvalue weighted by Crippen LogP contribution is 2.32. The van der Waals surface area contributed by atoms with E-state index in [1.165, 1.54) is 0 Å². The first-order valence-electron chi connectivity index (χ1n) is 8.79. The second kappa shape index (κ2) is 8.15. The van der Waals surface area contributed by atoms with Gasteiger partial charge in [-0.3, -0.25) is 5.43 Å². The molecule has 0 amide bonds. The number of nitrogens with zero attached hydrogens (tertiary/aromatic N) is 2. The van der Waals surface area contributed by atoms with Crippen molar-refractivity contribution in [2.75, 3.05) is 14.2 Å². The number of rotatable bonds is 4. The first kappa shape index (κ1) is 19.3. The van der Waals surface area contributed by atoms with E-state index in [9.17, 15) is 0 Å². The molecule has 0 bridgehead atoms. The van der Waals surface area contributed by atoms with Gasteiger partial charge in [-0.25, -0.2) is 4.99 Å². The van der Waals surface area contributed by atoms with Crippen LogP contribution in [0, 0.1) is 0 Å². The lowest BCUT2D eigenvalue weighted by atomic mass is 10.0. The van der Waals surface area contributed by atoms with Crippen LogP contribution >= 0.6 is 23.2 Å². The van der Waals surface area contributed by atoms with E-state index < -0.39 is 0 Å². The monoisotopic (exact) mass is 425 g/mol. The van der Waals surface area contributed by atoms with Crippen LogP contribution in [-0.2, 0) is 0 Å². The fourth-order valence-electron chi connectivity index (χ4n) is 3.05. The molecule has 0 atom stereocenters. The largest absolute Gasteiger partial charge is 0.493 e. The summed E-state index contributed by atoms with van der Waals surface area (Å²) in [5.41, 5.74) is 7.03. The summed E-state index contributed by atoms with van der Waals surface area (Å²) >= 11 is 12.3. The molecule has 0 spiro atoms. The number of methoxy groups -OCH3 is 2. The van der Waals surface area contributed by atoms with Gasteiger partial charge in [0.05, 0.1) is 19.9 Å². The highest BCUT2D eigenvalue weighted by atomic mass is 35.5. The molecule has 7 heteroatoms. The Morgan fingerprint density at radius 1 is 0.759 bits per heavy atom. The van der Waals surface area contributed by atoms with E-state index in [2.05, 4.69) is 10.5 Å². The van der Waals surface area contributed by atoms with Gasteiger partial charge < -0.3 is 9.47 Å². The zero-order chi connectivity index (χ0) is 20.4. The molecule has 4 rings (SSSR count). The third-order valence-electron chi connectivity index (χ3n) is 4.49. The van der Waals surface area contributed by atoms with Crippen LogP contribution in [0.3, 0.4) is 0 Å². The number of nitrogens with one attached hydrogen (secondary N) is 1. The lowest BCUT2D eigenvalue weighted by Crippen LogP contribution is -2.19. The maximum absolute atomic E-state index is 6.28. The van der Waals surface area contributed by atoms with Crippen LogP contribution in [0.4, 0.5) is 5.69 Å². The molecule has 0 unspecified atom stereocenters. The molecule has 3 aromatic carbocycles. The second-order valence-electron chi connectivity index (χ2n) is 6.27. The number of benzene rings is 3. The van der Waals surface area contributed by atoms with Gasteiger partial charge in [-0.15, -0.1) is 0 Å². The van der Waals surface area contributed by atoms with Crippen molar-refractivity contribution in [1.82, 2.24) is 5.43 Å². The van der Waals surface area contributed by atoms with E-state index in [1.807, 2.05) is 54.6 Å². The summed E-state index contributed by atoms with van der Waals surface area (Å²) in [7, 11) is 3.20. The van der Waals surface area contributed by atoms with Gasteiger partial charge in [0.1, 0.15) is 5.71 Å². The Balaban J connectivity index is 1.85. The summed E-state index contributed by atoms with van der Waals surface area (Å²) in [4.78, 5) is 4.77. The molecule has 0 saturated heterocycles. The summed E-state index contributed by atoms with van der Waals surface area (Å²) in [6.07, 6.45) is 0. The molecular formula is C22H17Cl2N3O2. The maximum Gasteiger partial charge on any atom is 0.161 e. The number of halogens is 2. The minimum absolute atomic E-state index is 0.599. The van der Waals surface area contributed by atoms with Crippen molar-refractivity contribution in [2.45, 2.75) is 0 Å². The fourth-order valence-corrected chi connectivity index (χ4v) is 3.35. The topological polar surface area (TPSA) is 55.2 Å². The van der Waals surface area contributed by atoms with E-state index in [4.69, 9.17) is 37.7 Å². The smallest absolute Gasteiger partial charge is 0.161 e. The standard InChI is InChI=1S/C22H17Cl2N3O2/c1-28-19-10-5-14(11-20(19)29-2)21-17-12-16(24)8-9-18(17)25-22(27-26-21)13-3-6-15(23)7-4-13/h3-12H,1-2H3,(H,25,27). The van der Waals surface area contributed by atoms with Gasteiger partial charge in [0.2, 0.25) is 0 Å². The Morgan fingerprint density at radius 2 is 1.45 bits per heavy atom. The van der Waals surface area contributed by atoms with Gasteiger partial charge in [-0.2, -0.15) is 5.10 Å². The first-order valence-corrected chi connectivity index (χ1v) is 9.55. The van der Waals surface area contributed by atoms with Gasteiger partial charge in [-0.05, 0) is 60.7 Å². The van der Waals surface area contributed by atoms with Crippen LogP contribution in [0.25, 0.3) is 0 Å². The number of fused-ring (bicyclic) bond motifs is 1. The Bertz CT molecular complexity index is 1130. The van der Waals surface area contributed by atoms with Crippen molar-refractivity contribution in [3.8, 4) is 11.5 Å².